The van der Waals surface area contributed by atoms with Crippen LogP contribution in [0.1, 0.15) is 36.3 Å². The van der Waals surface area contributed by atoms with Gasteiger partial charge in [0.05, 0.1) is 24.1 Å². The largest absolute Gasteiger partial charge is 0.309 e. The molecular formula is C17H18ClN9. The number of rotatable bonds is 2. The fourth-order valence-electron chi connectivity index (χ4n) is 4.19. The highest BCUT2D eigenvalue weighted by molar-refractivity contribution is 6.14. The Balaban J connectivity index is 1.40. The maximum absolute atomic E-state index is 6.31. The Kier molecular flexibility index (Phi) is 3.18. The van der Waals surface area contributed by atoms with Crippen molar-refractivity contribution in [3.05, 3.63) is 53.7 Å². The number of hydrazine groups is 1. The van der Waals surface area contributed by atoms with Crippen molar-refractivity contribution >= 4 is 23.8 Å². The van der Waals surface area contributed by atoms with Gasteiger partial charge in [-0.2, -0.15) is 5.12 Å². The number of halogens is 1. The van der Waals surface area contributed by atoms with Crippen LogP contribution in [-0.4, -0.2) is 44.1 Å². The molecule has 10 heteroatoms. The van der Waals surface area contributed by atoms with Crippen LogP contribution in [0.4, 0.5) is 5.69 Å². The van der Waals surface area contributed by atoms with Gasteiger partial charge in [0.1, 0.15) is 18.7 Å². The van der Waals surface area contributed by atoms with Crippen molar-refractivity contribution in [2.45, 2.75) is 25.0 Å². The predicted molar refractivity (Wildman–Crippen MR) is 101 cm³/mol. The van der Waals surface area contributed by atoms with E-state index in [4.69, 9.17) is 16.8 Å². The number of benzene rings is 1. The molecule has 6 rings (SSSR count). The zero-order valence-electron chi connectivity index (χ0n) is 14.5. The summed E-state index contributed by atoms with van der Waals surface area (Å²) in [5.74, 6) is 0.960. The van der Waals surface area contributed by atoms with Crippen LogP contribution in [0.5, 0.6) is 0 Å². The summed E-state index contributed by atoms with van der Waals surface area (Å²) in [6, 6.07) is 8.57. The number of hydrogen-bond donors (Lipinski definition) is 1. The molecule has 4 aliphatic rings. The smallest absolute Gasteiger partial charge is 0.173 e. The van der Waals surface area contributed by atoms with Crippen LogP contribution in [0.3, 0.4) is 0 Å². The molecule has 0 saturated carbocycles. The first kappa shape index (κ1) is 15.3. The molecule has 0 bridgehead atoms. The standard InChI is InChI=1S/C17H18ClN9/c18-23-9-16-24(11-23)15-6-2-1-4-12(15)17-20-10-26(27(16)17)25-8-14(21-22-25)13-5-3-7-19-13/h1-2,4,6,8-10,13,17,19H,3,5,7,11H2. The third kappa shape index (κ3) is 2.18. The van der Waals surface area contributed by atoms with Crippen LogP contribution in [0.25, 0.3) is 0 Å². The Bertz CT molecular complexity index is 947. The van der Waals surface area contributed by atoms with Crippen molar-refractivity contribution in [2.75, 3.05) is 23.2 Å². The number of para-hydroxylation sites is 1. The van der Waals surface area contributed by atoms with E-state index in [1.54, 1.807) is 15.5 Å². The van der Waals surface area contributed by atoms with Gasteiger partial charge in [0, 0.05) is 17.3 Å². The molecule has 0 radical (unpaired) electrons. The van der Waals surface area contributed by atoms with Crippen LogP contribution in [0.15, 0.2) is 47.5 Å². The van der Waals surface area contributed by atoms with E-state index in [1.807, 2.05) is 29.6 Å². The fourth-order valence-corrected chi connectivity index (χ4v) is 4.38. The molecule has 1 saturated heterocycles. The average molecular weight is 384 g/mol. The van der Waals surface area contributed by atoms with E-state index in [0.29, 0.717) is 6.67 Å². The molecular weight excluding hydrogens is 366 g/mol. The molecule has 4 aliphatic heterocycles. The fraction of sp³-hybridized carbons (Fsp3) is 0.353. The van der Waals surface area contributed by atoms with E-state index in [2.05, 4.69) is 37.7 Å². The average Bonchev–Trinajstić information content (AvgIpc) is 3.44. The number of aromatic nitrogens is 3. The molecule has 2 unspecified atom stereocenters. The van der Waals surface area contributed by atoms with Crippen LogP contribution < -0.4 is 15.3 Å². The number of anilines is 1. The summed E-state index contributed by atoms with van der Waals surface area (Å²) in [5, 5.41) is 16.2. The van der Waals surface area contributed by atoms with Gasteiger partial charge in [0.15, 0.2) is 12.0 Å². The topological polar surface area (TPSA) is 68.1 Å². The van der Waals surface area contributed by atoms with Crippen LogP contribution in [0.2, 0.25) is 0 Å². The maximum Gasteiger partial charge on any atom is 0.173 e. The van der Waals surface area contributed by atoms with E-state index in [-0.39, 0.29) is 12.2 Å². The van der Waals surface area contributed by atoms with Gasteiger partial charge in [-0.1, -0.05) is 18.2 Å². The summed E-state index contributed by atoms with van der Waals surface area (Å²) in [7, 11) is 0. The summed E-state index contributed by atoms with van der Waals surface area (Å²) in [6.45, 7) is 1.61. The van der Waals surface area contributed by atoms with E-state index in [1.165, 1.54) is 6.42 Å². The SMILES string of the molecule is ClN1C=C2N(C1)c1ccccc1C1N=CN(n3cc(C4CCCN4)nn3)N21. The zero-order valence-corrected chi connectivity index (χ0v) is 15.2. The van der Waals surface area contributed by atoms with Crippen molar-refractivity contribution < 1.29 is 0 Å². The molecule has 27 heavy (non-hydrogen) atoms. The van der Waals surface area contributed by atoms with Crippen LogP contribution in [-0.2, 0) is 0 Å². The van der Waals surface area contributed by atoms with Gasteiger partial charge >= 0.3 is 0 Å². The molecule has 2 aromatic rings. The van der Waals surface area contributed by atoms with Crippen molar-refractivity contribution in [2.24, 2.45) is 4.99 Å². The summed E-state index contributed by atoms with van der Waals surface area (Å²) in [5.41, 5.74) is 3.22. The molecule has 1 N–H and O–H groups in total. The van der Waals surface area contributed by atoms with Gasteiger partial charge in [-0.25, -0.2) is 10.0 Å². The summed E-state index contributed by atoms with van der Waals surface area (Å²) in [4.78, 5) is 8.66. The monoisotopic (exact) mass is 383 g/mol. The summed E-state index contributed by atoms with van der Waals surface area (Å²) < 4.78 is 1.65. The van der Waals surface area contributed by atoms with Gasteiger partial charge in [-0.15, -0.1) is 9.89 Å². The number of hydrogen-bond acceptors (Lipinski definition) is 8. The molecule has 9 nitrogen and oxygen atoms in total. The number of fused-ring (bicyclic) bond motifs is 6. The second-order valence-corrected chi connectivity index (χ2v) is 7.47. The first-order valence-electron chi connectivity index (χ1n) is 9.08. The molecule has 1 aromatic carbocycles. The first-order valence-corrected chi connectivity index (χ1v) is 9.42. The zero-order chi connectivity index (χ0) is 18.0. The Morgan fingerprint density at radius 2 is 2.15 bits per heavy atom. The number of nitrogens with zero attached hydrogens (tertiary/aromatic N) is 8. The second kappa shape index (κ2) is 5.61. The number of nitrogens with one attached hydrogen (secondary N) is 1. The van der Waals surface area contributed by atoms with Gasteiger partial charge in [-0.3, -0.25) is 4.42 Å². The van der Waals surface area contributed by atoms with E-state index in [0.717, 1.165) is 35.7 Å². The van der Waals surface area contributed by atoms with E-state index >= 15 is 0 Å². The molecule has 1 aromatic heterocycles. The van der Waals surface area contributed by atoms with Crippen LogP contribution >= 0.6 is 11.8 Å². The third-order valence-electron chi connectivity index (χ3n) is 5.44. The van der Waals surface area contributed by atoms with Crippen molar-refractivity contribution in [3.63, 3.8) is 0 Å². The molecule has 1 fully saturated rings. The lowest BCUT2D eigenvalue weighted by Gasteiger charge is -2.41. The minimum Gasteiger partial charge on any atom is -0.309 e. The maximum atomic E-state index is 6.31. The van der Waals surface area contributed by atoms with E-state index in [9.17, 15) is 0 Å². The lowest BCUT2D eigenvalue weighted by Crippen LogP contribution is -2.51. The normalized spacial score (nSPS) is 25.7. The minimum atomic E-state index is -0.149. The molecule has 5 heterocycles. The second-order valence-electron chi connectivity index (χ2n) is 7.03. The predicted octanol–water partition coefficient (Wildman–Crippen LogP) is 1.64. The number of aliphatic imine (C=N–C) groups is 1. The molecule has 0 spiro atoms. The van der Waals surface area contributed by atoms with Gasteiger partial charge in [0.25, 0.3) is 0 Å². The Morgan fingerprint density at radius 3 is 3.04 bits per heavy atom. The lowest BCUT2D eigenvalue weighted by molar-refractivity contribution is 0.226. The Morgan fingerprint density at radius 1 is 1.22 bits per heavy atom. The van der Waals surface area contributed by atoms with Crippen molar-refractivity contribution in [3.8, 4) is 0 Å². The highest BCUT2D eigenvalue weighted by Crippen LogP contribution is 2.45. The molecule has 138 valence electrons. The molecule has 0 aliphatic carbocycles. The van der Waals surface area contributed by atoms with Crippen molar-refractivity contribution in [1.82, 2.24) is 29.8 Å². The first-order chi connectivity index (χ1) is 13.3. The van der Waals surface area contributed by atoms with Gasteiger partial charge in [0.2, 0.25) is 0 Å². The third-order valence-corrected chi connectivity index (χ3v) is 5.64. The van der Waals surface area contributed by atoms with E-state index < -0.39 is 0 Å². The van der Waals surface area contributed by atoms with Gasteiger partial charge in [-0.05, 0) is 30.7 Å². The summed E-state index contributed by atoms with van der Waals surface area (Å²) in [6.07, 6.45) is 7.79. The summed E-state index contributed by atoms with van der Waals surface area (Å²) >= 11 is 6.31. The Hall–Kier alpha value is -2.78. The van der Waals surface area contributed by atoms with Crippen LogP contribution in [0, 0.1) is 0 Å². The highest BCUT2D eigenvalue weighted by Gasteiger charge is 2.44. The minimum absolute atomic E-state index is 0.149. The Labute approximate surface area is 161 Å². The van der Waals surface area contributed by atoms with Crippen molar-refractivity contribution in [1.29, 1.82) is 0 Å². The quantitative estimate of drug-likeness (QED) is 0.791. The highest BCUT2D eigenvalue weighted by atomic mass is 35.5. The molecule has 2 atom stereocenters. The lowest BCUT2D eigenvalue weighted by atomic mass is 10.1. The molecule has 0 amide bonds. The van der Waals surface area contributed by atoms with Gasteiger partial charge < -0.3 is 10.2 Å².